The Kier molecular flexibility index (Phi) is 11.3. The Morgan fingerprint density at radius 1 is 0.816 bits per heavy atom. The van der Waals surface area contributed by atoms with Gasteiger partial charge >= 0.3 is 6.09 Å². The number of aliphatic hydroxyl groups excluding tert-OH is 1. The van der Waals surface area contributed by atoms with E-state index in [9.17, 15) is 9.90 Å². The smallest absolute Gasteiger partial charge is 0.407 e. The number of carbonyl (C=O) groups excluding carboxylic acids is 1. The monoisotopic (exact) mass is 522 g/mol. The van der Waals surface area contributed by atoms with E-state index in [0.29, 0.717) is 50.1 Å². The van der Waals surface area contributed by atoms with Gasteiger partial charge in [-0.25, -0.2) is 4.79 Å². The van der Waals surface area contributed by atoms with Crippen LogP contribution in [0, 0.1) is 0 Å². The Morgan fingerprint density at radius 3 is 2.03 bits per heavy atom. The van der Waals surface area contributed by atoms with Gasteiger partial charge in [0.15, 0.2) is 11.5 Å². The summed E-state index contributed by atoms with van der Waals surface area (Å²) in [5.74, 6) is 1.73. The van der Waals surface area contributed by atoms with Crippen molar-refractivity contribution < 1.29 is 28.8 Å². The molecule has 0 heterocycles. The summed E-state index contributed by atoms with van der Waals surface area (Å²) in [5.41, 5.74) is 1.55. The Morgan fingerprint density at radius 2 is 1.42 bits per heavy atom. The normalized spacial score (nSPS) is 11.9. The fourth-order valence-electron chi connectivity index (χ4n) is 3.37. The van der Waals surface area contributed by atoms with Gasteiger partial charge in [0, 0.05) is 25.7 Å². The van der Waals surface area contributed by atoms with E-state index in [-0.39, 0.29) is 6.61 Å². The van der Waals surface area contributed by atoms with E-state index >= 15 is 0 Å². The summed E-state index contributed by atoms with van der Waals surface area (Å²) in [4.78, 5) is 11.7. The fourth-order valence-corrected chi connectivity index (χ4v) is 3.37. The zero-order valence-corrected chi connectivity index (χ0v) is 22.3. The molecule has 0 aliphatic carbocycles. The molecular weight excluding hydrogens is 484 g/mol. The Balaban J connectivity index is 1.48. The molecule has 204 valence electrons. The van der Waals surface area contributed by atoms with E-state index in [0.717, 1.165) is 11.1 Å². The largest absolute Gasteiger partial charge is 0.491 e. The molecule has 0 unspecified atom stereocenters. The maximum atomic E-state index is 11.7. The summed E-state index contributed by atoms with van der Waals surface area (Å²) < 4.78 is 23.1. The van der Waals surface area contributed by atoms with Crippen molar-refractivity contribution in [3.63, 3.8) is 0 Å². The minimum atomic E-state index is -0.737. The van der Waals surface area contributed by atoms with Crippen LogP contribution < -0.4 is 24.8 Å². The van der Waals surface area contributed by atoms with Crippen LogP contribution in [0.5, 0.6) is 17.2 Å². The molecule has 0 radical (unpaired) electrons. The van der Waals surface area contributed by atoms with Crippen molar-refractivity contribution in [2.45, 2.75) is 45.7 Å². The van der Waals surface area contributed by atoms with E-state index in [1.165, 1.54) is 0 Å². The third-order valence-corrected chi connectivity index (χ3v) is 5.18. The van der Waals surface area contributed by atoms with Gasteiger partial charge in [0.25, 0.3) is 0 Å². The van der Waals surface area contributed by atoms with Gasteiger partial charge in [-0.2, -0.15) is 0 Å². The Bertz CT molecular complexity index is 1100. The number of nitrogens with one attached hydrogen (secondary N) is 2. The molecule has 0 bridgehead atoms. The molecule has 3 N–H and O–H groups in total. The number of alkyl carbamates (subject to hydrolysis) is 1. The van der Waals surface area contributed by atoms with Crippen molar-refractivity contribution in [1.29, 1.82) is 0 Å². The van der Waals surface area contributed by atoms with Gasteiger partial charge in [-0.1, -0.05) is 60.7 Å². The summed E-state index contributed by atoms with van der Waals surface area (Å²) in [7, 11) is 0. The number of ether oxygens (including phenoxy) is 4. The zero-order chi connectivity index (χ0) is 27.2. The molecule has 0 fully saturated rings. The molecule has 8 nitrogen and oxygen atoms in total. The minimum Gasteiger partial charge on any atom is -0.491 e. The number of benzene rings is 3. The molecule has 0 saturated carbocycles. The number of hydrogen-bond donors (Lipinski definition) is 3. The van der Waals surface area contributed by atoms with Crippen molar-refractivity contribution in [1.82, 2.24) is 10.6 Å². The standard InChI is InChI=1S/C30H38N2O6/c1-30(2,3)38-29(34)32-17-16-31-19-25(33)22-35-26-14-15-27(36-20-23-10-6-4-7-11-23)28(18-26)37-21-24-12-8-5-9-13-24/h4-15,18,25,31,33H,16-17,19-22H2,1-3H3,(H,32,34)/t25-/m1/s1. The summed E-state index contributed by atoms with van der Waals surface area (Å²) in [6, 6.07) is 25.2. The van der Waals surface area contributed by atoms with Gasteiger partial charge in [-0.3, -0.25) is 0 Å². The summed E-state index contributed by atoms with van der Waals surface area (Å²) in [5, 5.41) is 16.1. The van der Waals surface area contributed by atoms with Crippen molar-refractivity contribution in [2.24, 2.45) is 0 Å². The summed E-state index contributed by atoms with van der Waals surface area (Å²) in [6.45, 7) is 7.50. The molecule has 3 rings (SSSR count). The Labute approximate surface area is 224 Å². The van der Waals surface area contributed by atoms with E-state index in [2.05, 4.69) is 10.6 Å². The van der Waals surface area contributed by atoms with E-state index in [1.807, 2.05) is 87.5 Å². The first-order valence-electron chi connectivity index (χ1n) is 12.7. The van der Waals surface area contributed by atoms with E-state index in [4.69, 9.17) is 18.9 Å². The van der Waals surface area contributed by atoms with Crippen LogP contribution in [-0.2, 0) is 18.0 Å². The second-order valence-corrected chi connectivity index (χ2v) is 9.75. The average molecular weight is 523 g/mol. The van der Waals surface area contributed by atoms with Gasteiger partial charge in [-0.15, -0.1) is 0 Å². The molecule has 38 heavy (non-hydrogen) atoms. The minimum absolute atomic E-state index is 0.0921. The molecule has 1 atom stereocenters. The highest BCUT2D eigenvalue weighted by molar-refractivity contribution is 5.67. The number of carbonyl (C=O) groups is 1. The van der Waals surface area contributed by atoms with E-state index in [1.54, 1.807) is 12.1 Å². The van der Waals surface area contributed by atoms with Crippen LogP contribution in [0.3, 0.4) is 0 Å². The van der Waals surface area contributed by atoms with Gasteiger partial charge < -0.3 is 34.7 Å². The topological polar surface area (TPSA) is 98.3 Å². The second-order valence-electron chi connectivity index (χ2n) is 9.75. The van der Waals surface area contributed by atoms with Crippen LogP contribution in [0.4, 0.5) is 4.79 Å². The molecule has 0 spiro atoms. The molecule has 0 aliphatic heterocycles. The maximum absolute atomic E-state index is 11.7. The number of rotatable bonds is 14. The molecular formula is C30H38N2O6. The summed E-state index contributed by atoms with van der Waals surface area (Å²) in [6.07, 6.45) is -1.20. The van der Waals surface area contributed by atoms with Crippen LogP contribution in [0.15, 0.2) is 78.9 Å². The van der Waals surface area contributed by atoms with Crippen molar-refractivity contribution in [3.05, 3.63) is 90.0 Å². The van der Waals surface area contributed by atoms with Gasteiger partial charge in [0.05, 0.1) is 0 Å². The Hall–Kier alpha value is -3.75. The highest BCUT2D eigenvalue weighted by Crippen LogP contribution is 2.33. The lowest BCUT2D eigenvalue weighted by Gasteiger charge is -2.20. The highest BCUT2D eigenvalue weighted by Gasteiger charge is 2.15. The third-order valence-electron chi connectivity index (χ3n) is 5.18. The third kappa shape index (κ3) is 11.1. The first-order valence-corrected chi connectivity index (χ1v) is 12.7. The molecule has 3 aromatic carbocycles. The first kappa shape index (κ1) is 28.8. The molecule has 8 heteroatoms. The summed E-state index contributed by atoms with van der Waals surface area (Å²) >= 11 is 0. The lowest BCUT2D eigenvalue weighted by atomic mass is 10.2. The molecule has 0 saturated heterocycles. The molecule has 3 aromatic rings. The maximum Gasteiger partial charge on any atom is 0.407 e. The quantitative estimate of drug-likeness (QED) is 0.264. The second kappa shape index (κ2) is 14.9. The SMILES string of the molecule is CC(C)(C)OC(=O)NCCNC[C@@H](O)COc1ccc(OCc2ccccc2)c(OCc2ccccc2)c1. The fraction of sp³-hybridized carbons (Fsp3) is 0.367. The van der Waals surface area contributed by atoms with Crippen LogP contribution >= 0.6 is 0 Å². The molecule has 0 aliphatic rings. The zero-order valence-electron chi connectivity index (χ0n) is 22.3. The average Bonchev–Trinajstić information content (AvgIpc) is 2.90. The van der Waals surface area contributed by atoms with Crippen molar-refractivity contribution in [3.8, 4) is 17.2 Å². The van der Waals surface area contributed by atoms with Gasteiger partial charge in [0.2, 0.25) is 0 Å². The van der Waals surface area contributed by atoms with Gasteiger partial charge in [-0.05, 0) is 44.0 Å². The number of amides is 1. The predicted molar refractivity (Wildman–Crippen MR) is 147 cm³/mol. The number of hydrogen-bond acceptors (Lipinski definition) is 7. The van der Waals surface area contributed by atoms with Crippen LogP contribution in [-0.4, -0.2) is 49.1 Å². The first-order chi connectivity index (χ1) is 18.3. The predicted octanol–water partition coefficient (Wildman–Crippen LogP) is 4.70. The van der Waals surface area contributed by atoms with Crippen molar-refractivity contribution >= 4 is 6.09 Å². The lowest BCUT2D eigenvalue weighted by molar-refractivity contribution is 0.0527. The van der Waals surface area contributed by atoms with E-state index < -0.39 is 17.8 Å². The van der Waals surface area contributed by atoms with Crippen LogP contribution in [0.1, 0.15) is 31.9 Å². The van der Waals surface area contributed by atoms with Crippen molar-refractivity contribution in [2.75, 3.05) is 26.2 Å². The lowest BCUT2D eigenvalue weighted by Crippen LogP contribution is -2.39. The van der Waals surface area contributed by atoms with Gasteiger partial charge in [0.1, 0.15) is 37.3 Å². The molecule has 0 aromatic heterocycles. The van der Waals surface area contributed by atoms with Crippen LogP contribution in [0.25, 0.3) is 0 Å². The molecule has 1 amide bonds. The van der Waals surface area contributed by atoms with Crippen LogP contribution in [0.2, 0.25) is 0 Å². The number of aliphatic hydroxyl groups is 1. The highest BCUT2D eigenvalue weighted by atomic mass is 16.6.